The number of carbonyl (C=O) groups is 2. The third-order valence-corrected chi connectivity index (χ3v) is 5.89. The van der Waals surface area contributed by atoms with Gasteiger partial charge in [0.1, 0.15) is 5.92 Å². The topological polar surface area (TPSA) is 78.4 Å². The molecule has 1 aliphatic heterocycles. The Morgan fingerprint density at radius 2 is 1.93 bits per heavy atom. The summed E-state index contributed by atoms with van der Waals surface area (Å²) < 4.78 is 41.2. The van der Waals surface area contributed by atoms with Gasteiger partial charge in [-0.25, -0.2) is 4.79 Å². The Hall–Kier alpha value is -1.81. The van der Waals surface area contributed by atoms with Crippen molar-refractivity contribution in [3.05, 3.63) is 56.2 Å². The number of carbonyl (C=O) groups excluding carboxylic acids is 2. The van der Waals surface area contributed by atoms with E-state index < -0.39 is 35.7 Å². The van der Waals surface area contributed by atoms with E-state index in [9.17, 15) is 27.9 Å². The predicted octanol–water partition coefficient (Wildman–Crippen LogP) is 4.16. The molecule has 3 N–H and O–H groups in total. The number of amides is 2. The first kappa shape index (κ1) is 19.9. The minimum absolute atomic E-state index is 0.0104. The molecule has 1 saturated heterocycles. The highest BCUT2D eigenvalue weighted by molar-refractivity contribution is 7.12. The molecule has 0 aliphatic carbocycles. The number of hydrogen-bond acceptors (Lipinski definition) is 4. The van der Waals surface area contributed by atoms with Crippen LogP contribution in [0.15, 0.2) is 35.7 Å². The van der Waals surface area contributed by atoms with Crippen LogP contribution in [0, 0.1) is 5.92 Å². The quantitative estimate of drug-likeness (QED) is 0.629. The molecule has 11 heteroatoms. The Kier molecular flexibility index (Phi) is 5.15. The van der Waals surface area contributed by atoms with Gasteiger partial charge < -0.3 is 15.7 Å². The number of benzene rings is 1. The van der Waals surface area contributed by atoms with E-state index in [1.54, 1.807) is 0 Å². The smallest absolute Gasteiger partial charge is 0.363 e. The molecule has 5 nitrogen and oxygen atoms in total. The van der Waals surface area contributed by atoms with Gasteiger partial charge in [-0.2, -0.15) is 13.2 Å². The SMILES string of the molecule is O=C1N[C@H](c2cccc(Cl)c2Cl)[C@@H](C(=O)c2cccs2)[C@](O)(C(F)(F)F)N1. The Morgan fingerprint density at radius 3 is 2.52 bits per heavy atom. The van der Waals surface area contributed by atoms with E-state index in [2.05, 4.69) is 5.32 Å². The van der Waals surface area contributed by atoms with Crippen LogP contribution in [0.2, 0.25) is 10.0 Å². The van der Waals surface area contributed by atoms with Gasteiger partial charge in [0.15, 0.2) is 5.78 Å². The number of thiophene rings is 1. The second-order valence-electron chi connectivity index (χ2n) is 5.80. The van der Waals surface area contributed by atoms with Crippen molar-refractivity contribution in [1.29, 1.82) is 0 Å². The summed E-state index contributed by atoms with van der Waals surface area (Å²) in [5.41, 5.74) is -3.82. The summed E-state index contributed by atoms with van der Waals surface area (Å²) in [6.45, 7) is 0. The molecule has 0 radical (unpaired) electrons. The van der Waals surface area contributed by atoms with Crippen molar-refractivity contribution in [2.24, 2.45) is 5.92 Å². The molecule has 1 aliphatic rings. The molecule has 1 fully saturated rings. The van der Waals surface area contributed by atoms with Gasteiger partial charge in [0.2, 0.25) is 5.72 Å². The number of nitrogens with one attached hydrogen (secondary N) is 2. The van der Waals surface area contributed by atoms with Crippen molar-refractivity contribution in [3.8, 4) is 0 Å². The molecule has 0 unspecified atom stereocenters. The molecule has 27 heavy (non-hydrogen) atoms. The molecule has 2 amide bonds. The summed E-state index contributed by atoms with van der Waals surface area (Å²) in [6, 6.07) is 4.10. The van der Waals surface area contributed by atoms with Crippen molar-refractivity contribution >= 4 is 46.4 Å². The zero-order chi connectivity index (χ0) is 20.0. The molecule has 0 saturated carbocycles. The Labute approximate surface area is 165 Å². The van der Waals surface area contributed by atoms with Crippen LogP contribution < -0.4 is 10.6 Å². The fourth-order valence-electron chi connectivity index (χ4n) is 2.93. The molecule has 2 aromatic rings. The fourth-order valence-corrected chi connectivity index (χ4v) is 4.06. The third-order valence-electron chi connectivity index (χ3n) is 4.17. The number of aliphatic hydroxyl groups is 1. The van der Waals surface area contributed by atoms with Gasteiger partial charge in [-0.3, -0.25) is 4.79 Å². The number of halogens is 5. The minimum Gasteiger partial charge on any atom is -0.363 e. The lowest BCUT2D eigenvalue weighted by Crippen LogP contribution is -2.72. The first-order valence-electron chi connectivity index (χ1n) is 7.45. The normalized spacial score (nSPS) is 25.6. The highest BCUT2D eigenvalue weighted by Gasteiger charge is 2.66. The molecular weight excluding hydrogens is 428 g/mol. The first-order chi connectivity index (χ1) is 12.6. The van der Waals surface area contributed by atoms with Crippen LogP contribution in [0.4, 0.5) is 18.0 Å². The van der Waals surface area contributed by atoms with Crippen LogP contribution >= 0.6 is 34.5 Å². The van der Waals surface area contributed by atoms with E-state index in [0.717, 1.165) is 11.3 Å². The molecule has 1 aromatic heterocycles. The summed E-state index contributed by atoms with van der Waals surface area (Å²) >= 11 is 12.9. The van der Waals surface area contributed by atoms with Gasteiger partial charge in [-0.1, -0.05) is 41.4 Å². The second-order valence-corrected chi connectivity index (χ2v) is 7.54. The zero-order valence-electron chi connectivity index (χ0n) is 13.2. The summed E-state index contributed by atoms with van der Waals surface area (Å²) in [7, 11) is 0. The van der Waals surface area contributed by atoms with Gasteiger partial charge in [-0.05, 0) is 23.1 Å². The van der Waals surface area contributed by atoms with Gasteiger partial charge in [-0.15, -0.1) is 11.3 Å². The molecule has 0 spiro atoms. The van der Waals surface area contributed by atoms with Crippen molar-refractivity contribution in [2.45, 2.75) is 17.9 Å². The van der Waals surface area contributed by atoms with E-state index in [-0.39, 0.29) is 20.5 Å². The van der Waals surface area contributed by atoms with Crippen molar-refractivity contribution in [3.63, 3.8) is 0 Å². The molecule has 0 bridgehead atoms. The zero-order valence-corrected chi connectivity index (χ0v) is 15.5. The summed E-state index contributed by atoms with van der Waals surface area (Å²) in [6.07, 6.45) is -5.33. The lowest BCUT2D eigenvalue weighted by molar-refractivity contribution is -0.287. The lowest BCUT2D eigenvalue weighted by atomic mass is 9.78. The summed E-state index contributed by atoms with van der Waals surface area (Å²) in [5, 5.41) is 15.5. The van der Waals surface area contributed by atoms with Crippen LogP contribution in [-0.2, 0) is 0 Å². The van der Waals surface area contributed by atoms with Crippen molar-refractivity contribution < 1.29 is 27.9 Å². The van der Waals surface area contributed by atoms with Crippen LogP contribution in [0.3, 0.4) is 0 Å². The van der Waals surface area contributed by atoms with Crippen molar-refractivity contribution in [1.82, 2.24) is 10.6 Å². The third kappa shape index (κ3) is 3.40. The van der Waals surface area contributed by atoms with Crippen LogP contribution in [0.5, 0.6) is 0 Å². The predicted molar refractivity (Wildman–Crippen MR) is 94.0 cm³/mol. The maximum absolute atomic E-state index is 13.7. The second kappa shape index (κ2) is 6.97. The van der Waals surface area contributed by atoms with E-state index in [0.29, 0.717) is 0 Å². The van der Waals surface area contributed by atoms with E-state index >= 15 is 0 Å². The summed E-state index contributed by atoms with van der Waals surface area (Å²) in [4.78, 5) is 24.8. The fraction of sp³-hybridized carbons (Fsp3) is 0.250. The summed E-state index contributed by atoms with van der Waals surface area (Å²) in [5.74, 6) is -3.14. The molecule has 3 atom stereocenters. The number of urea groups is 1. The highest BCUT2D eigenvalue weighted by Crippen LogP contribution is 2.46. The standard InChI is InChI=1S/C16H11Cl2F3N2O3S/c17-8-4-1-3-7(11(8)18)12-10(13(24)9-5-2-6-27-9)15(26,16(19,20)21)23-14(25)22-12/h1-6,10,12,26H,(H2,22,23,25)/t10-,12+,15-/m0/s1. The minimum atomic E-state index is -5.33. The van der Waals surface area contributed by atoms with Gasteiger partial charge in [0.05, 0.1) is 21.0 Å². The van der Waals surface area contributed by atoms with Gasteiger partial charge in [0.25, 0.3) is 0 Å². The van der Waals surface area contributed by atoms with E-state index in [1.807, 2.05) is 0 Å². The molecule has 1 aromatic carbocycles. The van der Waals surface area contributed by atoms with E-state index in [4.69, 9.17) is 23.2 Å². The number of rotatable bonds is 3. The lowest BCUT2D eigenvalue weighted by Gasteiger charge is -2.45. The monoisotopic (exact) mass is 438 g/mol. The largest absolute Gasteiger partial charge is 0.437 e. The first-order valence-corrected chi connectivity index (χ1v) is 9.09. The number of ketones is 1. The van der Waals surface area contributed by atoms with Crippen LogP contribution in [0.1, 0.15) is 21.3 Å². The Balaban J connectivity index is 2.21. The molecule has 144 valence electrons. The van der Waals surface area contributed by atoms with E-state index in [1.165, 1.54) is 41.0 Å². The maximum Gasteiger partial charge on any atom is 0.437 e. The highest BCUT2D eigenvalue weighted by atomic mass is 35.5. The Morgan fingerprint density at radius 1 is 1.22 bits per heavy atom. The maximum atomic E-state index is 13.7. The number of hydrogen-bond donors (Lipinski definition) is 3. The van der Waals surface area contributed by atoms with Crippen LogP contribution in [0.25, 0.3) is 0 Å². The van der Waals surface area contributed by atoms with Gasteiger partial charge >= 0.3 is 12.2 Å². The van der Waals surface area contributed by atoms with Crippen molar-refractivity contribution in [2.75, 3.05) is 0 Å². The molecular formula is C16H11Cl2F3N2O3S. The number of alkyl halides is 3. The average molecular weight is 439 g/mol. The average Bonchev–Trinajstić information content (AvgIpc) is 3.10. The van der Waals surface area contributed by atoms with Gasteiger partial charge in [0, 0.05) is 0 Å². The Bertz CT molecular complexity index is 892. The molecule has 3 rings (SSSR count). The molecule has 2 heterocycles. The van der Waals surface area contributed by atoms with Crippen LogP contribution in [-0.4, -0.2) is 28.8 Å². The number of Topliss-reactive ketones (excluding diaryl/α,β-unsaturated/α-hetero) is 1.